The van der Waals surface area contributed by atoms with Gasteiger partial charge in [0.05, 0.1) is 7.11 Å². The third-order valence-corrected chi connectivity index (χ3v) is 3.25. The second-order valence-corrected chi connectivity index (χ2v) is 5.53. The van der Waals surface area contributed by atoms with Gasteiger partial charge in [-0.3, -0.25) is 0 Å². The fourth-order valence-electron chi connectivity index (χ4n) is 2.12. The molecule has 0 spiro atoms. The Bertz CT molecular complexity index is 376. The zero-order valence-electron chi connectivity index (χ0n) is 12.3. The third-order valence-electron chi connectivity index (χ3n) is 3.25. The minimum absolute atomic E-state index is 0.0105. The van der Waals surface area contributed by atoms with Gasteiger partial charge in [0.15, 0.2) is 0 Å². The minimum atomic E-state index is 0.0105. The number of nitrogens with one attached hydrogen (secondary N) is 1. The molecule has 3 heteroatoms. The predicted molar refractivity (Wildman–Crippen MR) is 77.3 cm³/mol. The lowest BCUT2D eigenvalue weighted by Crippen LogP contribution is -2.46. The van der Waals surface area contributed by atoms with Gasteiger partial charge in [-0.05, 0) is 57.4 Å². The molecule has 0 aliphatic heterocycles. The molecule has 1 rings (SSSR count). The molecule has 0 aliphatic rings. The van der Waals surface area contributed by atoms with Crippen molar-refractivity contribution in [2.45, 2.75) is 39.7 Å². The molecule has 18 heavy (non-hydrogen) atoms. The van der Waals surface area contributed by atoms with Crippen LogP contribution in [-0.4, -0.2) is 25.7 Å². The topological polar surface area (TPSA) is 47.3 Å². The first-order valence-corrected chi connectivity index (χ1v) is 6.49. The van der Waals surface area contributed by atoms with Gasteiger partial charge in [0.1, 0.15) is 5.75 Å². The van der Waals surface area contributed by atoms with Crippen LogP contribution >= 0.6 is 0 Å². The van der Waals surface area contributed by atoms with Gasteiger partial charge in [-0.15, -0.1) is 0 Å². The summed E-state index contributed by atoms with van der Waals surface area (Å²) in [7, 11) is 1.72. The SMILES string of the molecule is COc1c(C)cc(CCNC(C)(C)CN)cc1C. The molecule has 0 aliphatic carbocycles. The van der Waals surface area contributed by atoms with Crippen LogP contribution in [0.5, 0.6) is 5.75 Å². The van der Waals surface area contributed by atoms with Crippen LogP contribution in [0, 0.1) is 13.8 Å². The van der Waals surface area contributed by atoms with Crippen LogP contribution in [0.15, 0.2) is 12.1 Å². The van der Waals surface area contributed by atoms with Gasteiger partial charge in [0.2, 0.25) is 0 Å². The molecule has 0 bridgehead atoms. The van der Waals surface area contributed by atoms with Crippen molar-refractivity contribution in [1.29, 1.82) is 0 Å². The summed E-state index contributed by atoms with van der Waals surface area (Å²) in [6.45, 7) is 10.0. The van der Waals surface area contributed by atoms with Gasteiger partial charge < -0.3 is 15.8 Å². The van der Waals surface area contributed by atoms with E-state index in [2.05, 4.69) is 45.1 Å². The van der Waals surface area contributed by atoms with Crippen molar-refractivity contribution >= 4 is 0 Å². The Balaban J connectivity index is 2.64. The number of hydrogen-bond donors (Lipinski definition) is 2. The van der Waals surface area contributed by atoms with Crippen LogP contribution in [-0.2, 0) is 6.42 Å². The molecule has 0 fully saturated rings. The maximum absolute atomic E-state index is 5.69. The van der Waals surface area contributed by atoms with Crippen LogP contribution < -0.4 is 15.8 Å². The highest BCUT2D eigenvalue weighted by Gasteiger charge is 2.13. The lowest BCUT2D eigenvalue weighted by molar-refractivity contribution is 0.400. The second kappa shape index (κ2) is 6.21. The van der Waals surface area contributed by atoms with Crippen molar-refractivity contribution in [2.75, 3.05) is 20.2 Å². The molecule has 1 aromatic rings. The standard InChI is InChI=1S/C15H26N2O/c1-11-8-13(9-12(2)14(11)18-5)6-7-17-15(3,4)10-16/h8-9,17H,6-7,10,16H2,1-5H3. The van der Waals surface area contributed by atoms with Crippen LogP contribution in [0.1, 0.15) is 30.5 Å². The van der Waals surface area contributed by atoms with Crippen molar-refractivity contribution < 1.29 is 4.74 Å². The Morgan fingerprint density at radius 2 is 1.78 bits per heavy atom. The summed E-state index contributed by atoms with van der Waals surface area (Å²) in [5, 5.41) is 3.47. The lowest BCUT2D eigenvalue weighted by Gasteiger charge is -2.24. The third kappa shape index (κ3) is 4.00. The quantitative estimate of drug-likeness (QED) is 0.813. The Labute approximate surface area is 111 Å². The summed E-state index contributed by atoms with van der Waals surface area (Å²) in [4.78, 5) is 0. The lowest BCUT2D eigenvalue weighted by atomic mass is 10.0. The summed E-state index contributed by atoms with van der Waals surface area (Å²) >= 11 is 0. The fourth-order valence-corrected chi connectivity index (χ4v) is 2.12. The second-order valence-electron chi connectivity index (χ2n) is 5.53. The fraction of sp³-hybridized carbons (Fsp3) is 0.600. The van der Waals surface area contributed by atoms with Gasteiger partial charge in [-0.2, -0.15) is 0 Å². The molecule has 0 radical (unpaired) electrons. The van der Waals surface area contributed by atoms with E-state index in [0.717, 1.165) is 18.7 Å². The Morgan fingerprint density at radius 3 is 2.22 bits per heavy atom. The molecule has 102 valence electrons. The van der Waals surface area contributed by atoms with Crippen molar-refractivity contribution in [2.24, 2.45) is 5.73 Å². The molecular formula is C15H26N2O. The van der Waals surface area contributed by atoms with Crippen molar-refractivity contribution in [3.05, 3.63) is 28.8 Å². The molecule has 0 aromatic heterocycles. The van der Waals surface area contributed by atoms with Gasteiger partial charge in [0.25, 0.3) is 0 Å². The highest BCUT2D eigenvalue weighted by Crippen LogP contribution is 2.24. The van der Waals surface area contributed by atoms with E-state index in [1.54, 1.807) is 7.11 Å². The van der Waals surface area contributed by atoms with Crippen LogP contribution in [0.4, 0.5) is 0 Å². The van der Waals surface area contributed by atoms with Gasteiger partial charge in [-0.1, -0.05) is 12.1 Å². The average molecular weight is 250 g/mol. The molecule has 0 saturated carbocycles. The normalized spacial score (nSPS) is 11.7. The zero-order valence-corrected chi connectivity index (χ0v) is 12.3. The first-order chi connectivity index (χ1) is 8.39. The first-order valence-electron chi connectivity index (χ1n) is 6.49. The number of aryl methyl sites for hydroxylation is 2. The average Bonchev–Trinajstić information content (AvgIpc) is 2.28. The van der Waals surface area contributed by atoms with E-state index in [-0.39, 0.29) is 5.54 Å². The van der Waals surface area contributed by atoms with E-state index in [1.807, 2.05) is 0 Å². The molecule has 0 heterocycles. The summed E-state index contributed by atoms with van der Waals surface area (Å²) in [6.07, 6.45) is 1.01. The van der Waals surface area contributed by atoms with Crippen LogP contribution in [0.2, 0.25) is 0 Å². The maximum atomic E-state index is 5.69. The van der Waals surface area contributed by atoms with Crippen molar-refractivity contribution in [1.82, 2.24) is 5.32 Å². The maximum Gasteiger partial charge on any atom is 0.124 e. The van der Waals surface area contributed by atoms with Gasteiger partial charge >= 0.3 is 0 Å². The molecule has 0 saturated heterocycles. The highest BCUT2D eigenvalue weighted by molar-refractivity contribution is 5.43. The van der Waals surface area contributed by atoms with Gasteiger partial charge in [-0.25, -0.2) is 0 Å². The highest BCUT2D eigenvalue weighted by atomic mass is 16.5. The monoisotopic (exact) mass is 250 g/mol. The Morgan fingerprint density at radius 1 is 1.22 bits per heavy atom. The van der Waals surface area contributed by atoms with Crippen LogP contribution in [0.25, 0.3) is 0 Å². The van der Waals surface area contributed by atoms with E-state index < -0.39 is 0 Å². The van der Waals surface area contributed by atoms with E-state index in [0.29, 0.717) is 6.54 Å². The van der Waals surface area contributed by atoms with E-state index in [4.69, 9.17) is 10.5 Å². The van der Waals surface area contributed by atoms with E-state index >= 15 is 0 Å². The number of nitrogens with two attached hydrogens (primary N) is 1. The summed E-state index contributed by atoms with van der Waals surface area (Å²) in [5.74, 6) is 0.994. The molecular weight excluding hydrogens is 224 g/mol. The summed E-state index contributed by atoms with van der Waals surface area (Å²) in [5.41, 5.74) is 9.44. The number of hydrogen-bond acceptors (Lipinski definition) is 3. The smallest absolute Gasteiger partial charge is 0.124 e. The van der Waals surface area contributed by atoms with Gasteiger partial charge in [0, 0.05) is 12.1 Å². The first kappa shape index (κ1) is 15.0. The molecule has 3 N–H and O–H groups in total. The van der Waals surface area contributed by atoms with Crippen molar-refractivity contribution in [3.63, 3.8) is 0 Å². The zero-order chi connectivity index (χ0) is 13.8. The predicted octanol–water partition coefficient (Wildman–Crippen LogP) is 2.18. The number of ether oxygens (including phenoxy) is 1. The molecule has 1 aromatic carbocycles. The Hall–Kier alpha value is -1.06. The molecule has 0 unspecified atom stereocenters. The summed E-state index contributed by atoms with van der Waals surface area (Å²) < 4.78 is 5.37. The number of benzene rings is 1. The molecule has 0 amide bonds. The van der Waals surface area contributed by atoms with E-state index in [1.165, 1.54) is 16.7 Å². The summed E-state index contributed by atoms with van der Waals surface area (Å²) in [6, 6.07) is 4.39. The molecule has 3 nitrogen and oxygen atoms in total. The number of methoxy groups -OCH3 is 1. The molecule has 0 atom stereocenters. The largest absolute Gasteiger partial charge is 0.496 e. The van der Waals surface area contributed by atoms with E-state index in [9.17, 15) is 0 Å². The Kier molecular flexibility index (Phi) is 5.17. The van der Waals surface area contributed by atoms with Crippen molar-refractivity contribution in [3.8, 4) is 5.75 Å². The number of rotatable bonds is 6. The minimum Gasteiger partial charge on any atom is -0.496 e. The van der Waals surface area contributed by atoms with Crippen LogP contribution in [0.3, 0.4) is 0 Å².